The minimum atomic E-state index is 0.0960. The van der Waals surface area contributed by atoms with E-state index < -0.39 is 0 Å². The van der Waals surface area contributed by atoms with E-state index in [2.05, 4.69) is 4.98 Å². The lowest BCUT2D eigenvalue weighted by Gasteiger charge is -1.92. The third-order valence-corrected chi connectivity index (χ3v) is 3.00. The topological polar surface area (TPSA) is 39.2 Å². The van der Waals surface area contributed by atoms with E-state index >= 15 is 0 Å². The number of aryl methyl sites for hydroxylation is 1. The standard InChI is InChI=1S/C9H13NO2S/c1-6-9(7(2)11)13-8(10-6)4-5-12-3/h4-5H2,1-3H3. The molecule has 13 heavy (non-hydrogen) atoms. The molecule has 0 bridgehead atoms. The van der Waals surface area contributed by atoms with Crippen LogP contribution in [-0.2, 0) is 11.2 Å². The summed E-state index contributed by atoms with van der Waals surface area (Å²) in [6.07, 6.45) is 0.787. The van der Waals surface area contributed by atoms with Crippen LogP contribution >= 0.6 is 11.3 Å². The van der Waals surface area contributed by atoms with Gasteiger partial charge in [0.1, 0.15) is 0 Å². The Morgan fingerprint density at radius 2 is 2.31 bits per heavy atom. The predicted molar refractivity (Wildman–Crippen MR) is 52.4 cm³/mol. The van der Waals surface area contributed by atoms with Crippen molar-refractivity contribution in [1.29, 1.82) is 0 Å². The van der Waals surface area contributed by atoms with Crippen molar-refractivity contribution in [1.82, 2.24) is 4.98 Å². The minimum Gasteiger partial charge on any atom is -0.384 e. The van der Waals surface area contributed by atoms with Crippen LogP contribution in [0.5, 0.6) is 0 Å². The summed E-state index contributed by atoms with van der Waals surface area (Å²) in [5.41, 5.74) is 0.837. The number of Topliss-reactive ketones (excluding diaryl/α,β-unsaturated/α-hetero) is 1. The summed E-state index contributed by atoms with van der Waals surface area (Å²) in [6.45, 7) is 4.09. The molecule has 1 heterocycles. The number of ether oxygens (including phenoxy) is 1. The molecule has 0 saturated heterocycles. The zero-order valence-corrected chi connectivity index (χ0v) is 8.90. The van der Waals surface area contributed by atoms with E-state index in [4.69, 9.17) is 4.74 Å². The lowest BCUT2D eigenvalue weighted by atomic mass is 10.3. The molecule has 0 unspecified atom stereocenters. The van der Waals surface area contributed by atoms with Crippen LogP contribution in [0.4, 0.5) is 0 Å². The van der Waals surface area contributed by atoms with Crippen molar-refractivity contribution in [3.8, 4) is 0 Å². The van der Waals surface area contributed by atoms with E-state index in [1.807, 2.05) is 6.92 Å². The van der Waals surface area contributed by atoms with E-state index in [1.54, 1.807) is 14.0 Å². The molecule has 0 amide bonds. The molecule has 1 rings (SSSR count). The zero-order valence-electron chi connectivity index (χ0n) is 8.09. The van der Waals surface area contributed by atoms with Crippen LogP contribution in [0.15, 0.2) is 0 Å². The molecule has 0 aliphatic carbocycles. The maximum Gasteiger partial charge on any atom is 0.171 e. The van der Waals surface area contributed by atoms with Crippen LogP contribution in [-0.4, -0.2) is 24.5 Å². The highest BCUT2D eigenvalue weighted by atomic mass is 32.1. The minimum absolute atomic E-state index is 0.0960. The molecule has 0 fully saturated rings. The Kier molecular flexibility index (Phi) is 3.57. The van der Waals surface area contributed by atoms with E-state index in [1.165, 1.54) is 11.3 Å². The highest BCUT2D eigenvalue weighted by Gasteiger charge is 2.10. The third kappa shape index (κ3) is 2.60. The molecule has 0 aliphatic rings. The fourth-order valence-corrected chi connectivity index (χ4v) is 2.02. The average molecular weight is 199 g/mol. The number of methoxy groups -OCH3 is 1. The second kappa shape index (κ2) is 4.48. The van der Waals surface area contributed by atoms with Crippen LogP contribution in [0.25, 0.3) is 0 Å². The van der Waals surface area contributed by atoms with Crippen LogP contribution in [0.3, 0.4) is 0 Å². The summed E-state index contributed by atoms with van der Waals surface area (Å²) < 4.78 is 4.94. The molecule has 1 aromatic heterocycles. The van der Waals surface area contributed by atoms with E-state index in [-0.39, 0.29) is 5.78 Å². The first-order chi connectivity index (χ1) is 6.15. The molecular weight excluding hydrogens is 186 g/mol. The van der Waals surface area contributed by atoms with Gasteiger partial charge in [0.15, 0.2) is 5.78 Å². The van der Waals surface area contributed by atoms with Gasteiger partial charge in [-0.3, -0.25) is 4.79 Å². The zero-order chi connectivity index (χ0) is 9.84. The number of thiazole rings is 1. The lowest BCUT2D eigenvalue weighted by Crippen LogP contribution is -1.93. The van der Waals surface area contributed by atoms with Gasteiger partial charge in [-0.05, 0) is 6.92 Å². The van der Waals surface area contributed by atoms with Gasteiger partial charge in [-0.25, -0.2) is 4.98 Å². The van der Waals surface area contributed by atoms with Crippen LogP contribution in [0, 0.1) is 6.92 Å². The molecule has 4 heteroatoms. The molecule has 1 aromatic rings. The number of aromatic nitrogens is 1. The predicted octanol–water partition coefficient (Wildman–Crippen LogP) is 1.84. The molecule has 72 valence electrons. The Morgan fingerprint density at radius 3 is 2.77 bits per heavy atom. The maximum atomic E-state index is 11.1. The first-order valence-corrected chi connectivity index (χ1v) is 4.93. The summed E-state index contributed by atoms with van der Waals surface area (Å²) in [6, 6.07) is 0. The van der Waals surface area contributed by atoms with Gasteiger partial charge in [0, 0.05) is 20.5 Å². The lowest BCUT2D eigenvalue weighted by molar-refractivity contribution is 0.102. The van der Waals surface area contributed by atoms with Crippen LogP contribution in [0.1, 0.15) is 27.3 Å². The normalized spacial score (nSPS) is 10.4. The highest BCUT2D eigenvalue weighted by molar-refractivity contribution is 7.13. The van der Waals surface area contributed by atoms with Crippen molar-refractivity contribution in [2.45, 2.75) is 20.3 Å². The van der Waals surface area contributed by atoms with Gasteiger partial charge < -0.3 is 4.74 Å². The Balaban J connectivity index is 2.76. The Labute approximate surface area is 81.8 Å². The molecule has 3 nitrogen and oxygen atoms in total. The van der Waals surface area contributed by atoms with E-state index in [9.17, 15) is 4.79 Å². The first-order valence-electron chi connectivity index (χ1n) is 4.11. The van der Waals surface area contributed by atoms with Gasteiger partial charge in [-0.1, -0.05) is 0 Å². The van der Waals surface area contributed by atoms with E-state index in [0.29, 0.717) is 6.61 Å². The average Bonchev–Trinajstić information content (AvgIpc) is 2.43. The molecule has 0 atom stereocenters. The van der Waals surface area contributed by atoms with E-state index in [0.717, 1.165) is 22.0 Å². The van der Waals surface area contributed by atoms with Crippen molar-refractivity contribution >= 4 is 17.1 Å². The quantitative estimate of drug-likeness (QED) is 0.695. The van der Waals surface area contributed by atoms with Crippen LogP contribution in [0.2, 0.25) is 0 Å². The fraction of sp³-hybridized carbons (Fsp3) is 0.556. The number of nitrogens with zero attached hydrogens (tertiary/aromatic N) is 1. The Bertz CT molecular complexity index is 307. The van der Waals surface area contributed by atoms with Crippen molar-refractivity contribution in [2.75, 3.05) is 13.7 Å². The van der Waals surface area contributed by atoms with Gasteiger partial charge in [-0.15, -0.1) is 11.3 Å². The van der Waals surface area contributed by atoms with Gasteiger partial charge >= 0.3 is 0 Å². The number of carbonyl (C=O) groups excluding carboxylic acids is 1. The van der Waals surface area contributed by atoms with Crippen molar-refractivity contribution in [3.63, 3.8) is 0 Å². The molecule has 0 N–H and O–H groups in total. The van der Waals surface area contributed by atoms with Gasteiger partial charge in [0.05, 0.1) is 22.2 Å². The second-order valence-corrected chi connectivity index (χ2v) is 3.90. The number of ketones is 1. The summed E-state index contributed by atoms with van der Waals surface area (Å²) in [5, 5.41) is 0.976. The summed E-state index contributed by atoms with van der Waals surface area (Å²) in [5.74, 6) is 0.0960. The summed E-state index contributed by atoms with van der Waals surface area (Å²) in [4.78, 5) is 16.1. The number of hydrogen-bond donors (Lipinski definition) is 0. The van der Waals surface area contributed by atoms with Crippen molar-refractivity contribution in [2.24, 2.45) is 0 Å². The van der Waals surface area contributed by atoms with Crippen molar-refractivity contribution < 1.29 is 9.53 Å². The summed E-state index contributed by atoms with van der Waals surface area (Å²) in [7, 11) is 1.66. The SMILES string of the molecule is COCCc1nc(C)c(C(C)=O)s1. The van der Waals surface area contributed by atoms with Crippen LogP contribution < -0.4 is 0 Å². The Hall–Kier alpha value is -0.740. The van der Waals surface area contributed by atoms with Crippen molar-refractivity contribution in [3.05, 3.63) is 15.6 Å². The van der Waals surface area contributed by atoms with Gasteiger partial charge in [0.25, 0.3) is 0 Å². The monoisotopic (exact) mass is 199 g/mol. The molecular formula is C9H13NO2S. The first kappa shape index (κ1) is 10.3. The molecule has 0 radical (unpaired) electrons. The summed E-state index contributed by atoms with van der Waals surface area (Å²) >= 11 is 1.47. The number of carbonyl (C=O) groups is 1. The molecule has 0 spiro atoms. The second-order valence-electron chi connectivity index (χ2n) is 2.82. The molecule has 0 saturated carbocycles. The van der Waals surface area contributed by atoms with Gasteiger partial charge in [0.2, 0.25) is 0 Å². The maximum absolute atomic E-state index is 11.1. The Morgan fingerprint density at radius 1 is 1.62 bits per heavy atom. The fourth-order valence-electron chi connectivity index (χ4n) is 1.08. The molecule has 0 aromatic carbocycles. The third-order valence-electron chi connectivity index (χ3n) is 1.68. The number of hydrogen-bond acceptors (Lipinski definition) is 4. The number of rotatable bonds is 4. The molecule has 0 aliphatic heterocycles. The smallest absolute Gasteiger partial charge is 0.171 e. The highest BCUT2D eigenvalue weighted by Crippen LogP contribution is 2.18. The largest absolute Gasteiger partial charge is 0.384 e. The van der Waals surface area contributed by atoms with Gasteiger partial charge in [-0.2, -0.15) is 0 Å².